The van der Waals surface area contributed by atoms with Gasteiger partial charge in [0.15, 0.2) is 0 Å². The van der Waals surface area contributed by atoms with Gasteiger partial charge in [-0.1, -0.05) is 16.1 Å². The van der Waals surface area contributed by atoms with Crippen LogP contribution in [0.3, 0.4) is 0 Å². The summed E-state index contributed by atoms with van der Waals surface area (Å²) < 4.78 is 4.98. The molecule has 1 unspecified atom stereocenters. The van der Waals surface area contributed by atoms with Gasteiger partial charge in [-0.05, 0) is 82.5 Å². The fraction of sp³-hybridized carbons (Fsp3) is 0.519. The molecule has 4 aromatic rings. The highest BCUT2D eigenvalue weighted by Gasteiger charge is 2.33. The van der Waals surface area contributed by atoms with Crippen LogP contribution in [0.4, 0.5) is 11.5 Å². The van der Waals surface area contributed by atoms with Gasteiger partial charge in [0.05, 0.1) is 20.8 Å². The molecule has 1 saturated heterocycles. The smallest absolute Gasteiger partial charge is 0.226 e. The predicted octanol–water partition coefficient (Wildman–Crippen LogP) is 4.68. The number of fused-ring (bicyclic) bond motifs is 4. The van der Waals surface area contributed by atoms with Crippen LogP contribution >= 0.6 is 34.5 Å². The molecule has 1 fully saturated rings. The molecular weight excluding hydrogens is 552 g/mol. The van der Waals surface area contributed by atoms with Gasteiger partial charge < -0.3 is 20.0 Å². The van der Waals surface area contributed by atoms with Gasteiger partial charge in [-0.2, -0.15) is 0 Å². The van der Waals surface area contributed by atoms with E-state index in [1.165, 1.54) is 22.0 Å². The molecule has 39 heavy (non-hydrogen) atoms. The van der Waals surface area contributed by atoms with Crippen LogP contribution in [0.1, 0.15) is 29.7 Å². The number of anilines is 2. The SMILES string of the molecule is CN(C)CCN(C)C1CCN(C(=O)C2CCc3c(sc4ncnc(Nc5cc6snnc6cc5Cl)c34)C2)CC1. The summed E-state index contributed by atoms with van der Waals surface area (Å²) in [6, 6.07) is 4.35. The monoisotopic (exact) mass is 584 g/mol. The Hall–Kier alpha value is -2.44. The van der Waals surface area contributed by atoms with Gasteiger partial charge in [-0.25, -0.2) is 9.97 Å². The summed E-state index contributed by atoms with van der Waals surface area (Å²) in [6.45, 7) is 3.83. The van der Waals surface area contributed by atoms with Gasteiger partial charge in [0.25, 0.3) is 0 Å². The summed E-state index contributed by atoms with van der Waals surface area (Å²) in [4.78, 5) is 31.7. The molecule has 12 heteroatoms. The lowest BCUT2D eigenvalue weighted by atomic mass is 9.86. The Labute approximate surface area is 241 Å². The van der Waals surface area contributed by atoms with Gasteiger partial charge in [0.1, 0.15) is 22.5 Å². The Morgan fingerprint density at radius 1 is 1.15 bits per heavy atom. The number of hydrogen-bond donors (Lipinski definition) is 1. The largest absolute Gasteiger partial charge is 0.342 e. The van der Waals surface area contributed by atoms with E-state index in [4.69, 9.17) is 11.6 Å². The van der Waals surface area contributed by atoms with E-state index in [1.807, 2.05) is 12.1 Å². The number of piperidine rings is 1. The molecular formula is C27H33ClN8OS2. The highest BCUT2D eigenvalue weighted by Crippen LogP contribution is 2.42. The van der Waals surface area contributed by atoms with Crippen molar-refractivity contribution >= 4 is 72.3 Å². The van der Waals surface area contributed by atoms with Crippen molar-refractivity contribution < 1.29 is 4.79 Å². The maximum atomic E-state index is 13.5. The number of likely N-dealkylation sites (N-methyl/N-ethyl adjacent to an activating group) is 2. The molecule has 1 aromatic carbocycles. The second-order valence-electron chi connectivity index (χ2n) is 10.9. The van der Waals surface area contributed by atoms with Crippen molar-refractivity contribution in [1.82, 2.24) is 34.3 Å². The normalized spacial score (nSPS) is 18.4. The molecule has 2 aliphatic rings. The lowest BCUT2D eigenvalue weighted by molar-refractivity contribution is -0.137. The second kappa shape index (κ2) is 11.2. The number of aryl methyl sites for hydroxylation is 1. The summed E-state index contributed by atoms with van der Waals surface area (Å²) in [7, 11) is 6.44. The number of hydrogen-bond acceptors (Lipinski definition) is 10. The van der Waals surface area contributed by atoms with Crippen molar-refractivity contribution in [1.29, 1.82) is 0 Å². The number of likely N-dealkylation sites (tertiary alicyclic amines) is 1. The number of halogens is 1. The van der Waals surface area contributed by atoms with E-state index in [0.717, 1.165) is 90.2 Å². The third kappa shape index (κ3) is 5.47. The van der Waals surface area contributed by atoms with Crippen molar-refractivity contribution in [2.75, 3.05) is 52.6 Å². The van der Waals surface area contributed by atoms with E-state index in [2.05, 4.69) is 60.7 Å². The van der Waals surface area contributed by atoms with Crippen molar-refractivity contribution in [3.05, 3.63) is 33.9 Å². The summed E-state index contributed by atoms with van der Waals surface area (Å²) in [6.07, 6.45) is 6.17. The molecule has 1 atom stereocenters. The van der Waals surface area contributed by atoms with E-state index in [0.29, 0.717) is 17.0 Å². The maximum Gasteiger partial charge on any atom is 0.226 e. The number of amides is 1. The molecule has 3 aromatic heterocycles. The zero-order valence-corrected chi connectivity index (χ0v) is 24.9. The fourth-order valence-electron chi connectivity index (χ4n) is 5.77. The summed E-state index contributed by atoms with van der Waals surface area (Å²) in [5.41, 5.74) is 2.82. The number of aromatic nitrogens is 4. The van der Waals surface area contributed by atoms with Crippen LogP contribution in [0, 0.1) is 5.92 Å². The highest BCUT2D eigenvalue weighted by molar-refractivity contribution is 7.19. The Morgan fingerprint density at radius 3 is 2.77 bits per heavy atom. The second-order valence-corrected chi connectivity index (χ2v) is 13.2. The van der Waals surface area contributed by atoms with E-state index in [9.17, 15) is 4.79 Å². The number of nitrogens with zero attached hydrogens (tertiary/aromatic N) is 7. The van der Waals surface area contributed by atoms with Crippen LogP contribution in [0.2, 0.25) is 5.02 Å². The third-order valence-electron chi connectivity index (χ3n) is 8.08. The first-order valence-corrected chi connectivity index (χ1v) is 15.4. The first kappa shape index (κ1) is 26.8. The van der Waals surface area contributed by atoms with E-state index in [1.54, 1.807) is 17.7 Å². The number of benzene rings is 1. The molecule has 1 amide bonds. The Morgan fingerprint density at radius 2 is 1.97 bits per heavy atom. The van der Waals surface area contributed by atoms with Gasteiger partial charge in [-0.15, -0.1) is 16.4 Å². The van der Waals surface area contributed by atoms with E-state index < -0.39 is 0 Å². The fourth-order valence-corrected chi connectivity index (χ4v) is 7.82. The number of rotatable bonds is 7. The van der Waals surface area contributed by atoms with Crippen LogP contribution in [0.25, 0.3) is 20.4 Å². The van der Waals surface area contributed by atoms with Crippen LogP contribution in [0.15, 0.2) is 18.5 Å². The standard InChI is InChI=1S/C27H33ClN8OS2/c1-34(2)10-11-35(3)17-6-8-36(9-7-17)27(37)16-4-5-18-22(12-16)38-26-24(18)25(29-15-30-26)31-20-14-23-21(13-19(20)28)32-33-39-23/h13-17H,4-12H2,1-3H3,(H,29,30,31). The number of nitrogens with one attached hydrogen (secondary N) is 1. The zero-order chi connectivity index (χ0) is 27.1. The zero-order valence-electron chi connectivity index (χ0n) is 22.5. The molecule has 1 aliphatic carbocycles. The predicted molar refractivity (Wildman–Crippen MR) is 159 cm³/mol. The van der Waals surface area contributed by atoms with Crippen molar-refractivity contribution in [2.24, 2.45) is 5.92 Å². The number of carbonyl (C=O) groups excluding carboxylic acids is 1. The van der Waals surface area contributed by atoms with Crippen molar-refractivity contribution in [3.8, 4) is 0 Å². The minimum atomic E-state index is 0.0358. The highest BCUT2D eigenvalue weighted by atomic mass is 35.5. The lowest BCUT2D eigenvalue weighted by Crippen LogP contribution is -2.48. The molecule has 206 valence electrons. The topological polar surface area (TPSA) is 90.4 Å². The summed E-state index contributed by atoms with van der Waals surface area (Å²) in [5.74, 6) is 1.10. The van der Waals surface area contributed by atoms with Crippen LogP contribution in [0.5, 0.6) is 0 Å². The van der Waals surface area contributed by atoms with Gasteiger partial charge >= 0.3 is 0 Å². The average Bonchev–Trinajstić information content (AvgIpc) is 3.55. The molecule has 1 N–H and O–H groups in total. The Bertz CT molecular complexity index is 1500. The van der Waals surface area contributed by atoms with Gasteiger partial charge in [-0.3, -0.25) is 4.79 Å². The molecule has 1 aliphatic heterocycles. The summed E-state index contributed by atoms with van der Waals surface area (Å²) in [5, 5.41) is 9.16. The summed E-state index contributed by atoms with van der Waals surface area (Å²) >= 11 is 9.57. The van der Waals surface area contributed by atoms with E-state index in [-0.39, 0.29) is 5.92 Å². The Balaban J connectivity index is 1.15. The van der Waals surface area contributed by atoms with Crippen LogP contribution in [-0.4, -0.2) is 93.5 Å². The van der Waals surface area contributed by atoms with Gasteiger partial charge in [0.2, 0.25) is 5.91 Å². The number of thiophene rings is 1. The molecule has 0 saturated carbocycles. The van der Waals surface area contributed by atoms with Crippen LogP contribution < -0.4 is 5.32 Å². The molecule has 6 rings (SSSR count). The lowest BCUT2D eigenvalue weighted by Gasteiger charge is -2.38. The first-order valence-electron chi connectivity index (χ1n) is 13.4. The molecule has 9 nitrogen and oxygen atoms in total. The van der Waals surface area contributed by atoms with Crippen LogP contribution in [-0.2, 0) is 17.6 Å². The van der Waals surface area contributed by atoms with Crippen molar-refractivity contribution in [3.63, 3.8) is 0 Å². The first-order chi connectivity index (χ1) is 18.9. The minimum absolute atomic E-state index is 0.0358. The average molecular weight is 585 g/mol. The molecule has 0 bridgehead atoms. The maximum absolute atomic E-state index is 13.5. The molecule has 4 heterocycles. The third-order valence-corrected chi connectivity index (χ3v) is 10.2. The molecule has 0 spiro atoms. The Kier molecular flexibility index (Phi) is 7.69. The van der Waals surface area contributed by atoms with Crippen molar-refractivity contribution in [2.45, 2.75) is 38.1 Å². The van der Waals surface area contributed by atoms with Gasteiger partial charge in [0, 0.05) is 43.0 Å². The molecule has 0 radical (unpaired) electrons. The quantitative estimate of drug-likeness (QED) is 0.335. The number of carbonyl (C=O) groups is 1. The minimum Gasteiger partial charge on any atom is -0.342 e. The van der Waals surface area contributed by atoms with E-state index >= 15 is 0 Å².